The molecule has 0 radical (unpaired) electrons. The molecule has 1 aliphatic heterocycles. The van der Waals surface area contributed by atoms with Gasteiger partial charge in [0.2, 0.25) is 10.0 Å². The van der Waals surface area contributed by atoms with Gasteiger partial charge in [0.25, 0.3) is 0 Å². The molecule has 0 atom stereocenters. The minimum atomic E-state index is -3.62. The zero-order valence-corrected chi connectivity index (χ0v) is 12.6. The molecule has 0 N–H and O–H groups in total. The normalized spacial score (nSPS) is 18.4. The van der Waals surface area contributed by atoms with E-state index in [1.54, 1.807) is 20.9 Å². The minimum Gasteiger partial charge on any atom is -0.550 e. The second kappa shape index (κ2) is 5.17. The summed E-state index contributed by atoms with van der Waals surface area (Å²) in [5.74, 6) is -1.66. The molecule has 1 saturated heterocycles. The van der Waals surface area contributed by atoms with Gasteiger partial charge >= 0.3 is 0 Å². The van der Waals surface area contributed by atoms with Crippen LogP contribution in [0.4, 0.5) is 0 Å². The van der Waals surface area contributed by atoms with Gasteiger partial charge in [-0.15, -0.1) is 0 Å². The Hall–Kier alpha value is -1.41. The third-order valence-electron chi connectivity index (χ3n) is 3.83. The molecule has 0 bridgehead atoms. The highest BCUT2D eigenvalue weighted by molar-refractivity contribution is 7.89. The van der Waals surface area contributed by atoms with E-state index in [9.17, 15) is 18.3 Å². The number of hydrogen-bond acceptors (Lipinski definition) is 5. The molecule has 0 spiro atoms. The first kappa shape index (κ1) is 15.0. The fraction of sp³-hybridized carbons (Fsp3) is 0.667. The van der Waals surface area contributed by atoms with Crippen molar-refractivity contribution < 1.29 is 18.3 Å². The highest BCUT2D eigenvalue weighted by Crippen LogP contribution is 2.27. The van der Waals surface area contributed by atoms with Crippen LogP contribution in [0.15, 0.2) is 4.90 Å². The molecule has 1 fully saturated rings. The van der Waals surface area contributed by atoms with E-state index >= 15 is 0 Å². The first-order valence-corrected chi connectivity index (χ1v) is 7.90. The van der Waals surface area contributed by atoms with E-state index in [0.717, 1.165) is 0 Å². The van der Waals surface area contributed by atoms with Crippen LogP contribution in [0.2, 0.25) is 0 Å². The van der Waals surface area contributed by atoms with Gasteiger partial charge in [-0.3, -0.25) is 4.68 Å². The average Bonchev–Trinajstić information content (AvgIpc) is 2.63. The Morgan fingerprint density at radius 3 is 2.25 bits per heavy atom. The maximum absolute atomic E-state index is 12.6. The van der Waals surface area contributed by atoms with Gasteiger partial charge in [-0.25, -0.2) is 8.42 Å². The van der Waals surface area contributed by atoms with Gasteiger partial charge in [0.05, 0.1) is 11.4 Å². The summed E-state index contributed by atoms with van der Waals surface area (Å²) >= 11 is 0. The van der Waals surface area contributed by atoms with Crippen LogP contribution in [0.3, 0.4) is 0 Å². The molecule has 0 aromatic carbocycles. The summed E-state index contributed by atoms with van der Waals surface area (Å²) in [5.41, 5.74) is 1.05. The van der Waals surface area contributed by atoms with Crippen molar-refractivity contribution in [2.45, 2.75) is 31.6 Å². The largest absolute Gasteiger partial charge is 0.550 e. The molecular formula is C12H18N3O4S-. The topological polar surface area (TPSA) is 95.3 Å². The SMILES string of the molecule is Cc1nn(C)c(C)c1S(=O)(=O)N1CCC(C(=O)[O-])CC1. The van der Waals surface area contributed by atoms with E-state index in [1.807, 2.05) is 0 Å². The molecule has 2 rings (SSSR count). The lowest BCUT2D eigenvalue weighted by atomic mass is 9.99. The molecule has 0 amide bonds. The van der Waals surface area contributed by atoms with Crippen LogP contribution in [-0.4, -0.2) is 41.6 Å². The number of nitrogens with zero attached hydrogens (tertiary/aromatic N) is 3. The summed E-state index contributed by atoms with van der Waals surface area (Å²) in [6.07, 6.45) is 0.583. The lowest BCUT2D eigenvalue weighted by Gasteiger charge is -2.31. The molecule has 0 aliphatic carbocycles. The summed E-state index contributed by atoms with van der Waals surface area (Å²) in [5, 5.41) is 14.9. The van der Waals surface area contributed by atoms with E-state index in [0.29, 0.717) is 24.2 Å². The summed E-state index contributed by atoms with van der Waals surface area (Å²) in [7, 11) is -1.92. The predicted molar refractivity (Wildman–Crippen MR) is 69.2 cm³/mol. The van der Waals surface area contributed by atoms with Crippen molar-refractivity contribution in [1.29, 1.82) is 0 Å². The number of piperidine rings is 1. The Morgan fingerprint density at radius 2 is 1.85 bits per heavy atom. The van der Waals surface area contributed by atoms with E-state index < -0.39 is 21.9 Å². The third kappa shape index (κ3) is 2.45. The number of aryl methyl sites for hydroxylation is 2. The molecule has 1 aromatic rings. The monoisotopic (exact) mass is 300 g/mol. The average molecular weight is 300 g/mol. The van der Waals surface area contributed by atoms with Crippen LogP contribution in [0, 0.1) is 19.8 Å². The quantitative estimate of drug-likeness (QED) is 0.727. The molecule has 7 nitrogen and oxygen atoms in total. The zero-order chi connectivity index (χ0) is 15.1. The van der Waals surface area contributed by atoms with Gasteiger partial charge < -0.3 is 9.90 Å². The second-order valence-electron chi connectivity index (χ2n) is 5.12. The fourth-order valence-corrected chi connectivity index (χ4v) is 4.46. The molecule has 1 aliphatic rings. The number of rotatable bonds is 3. The van der Waals surface area contributed by atoms with Crippen molar-refractivity contribution in [3.63, 3.8) is 0 Å². The summed E-state index contributed by atoms with van der Waals surface area (Å²) < 4.78 is 28.1. The minimum absolute atomic E-state index is 0.203. The molecule has 20 heavy (non-hydrogen) atoms. The van der Waals surface area contributed by atoms with Crippen molar-refractivity contribution in [2.24, 2.45) is 13.0 Å². The Kier molecular flexibility index (Phi) is 3.88. The van der Waals surface area contributed by atoms with Crippen molar-refractivity contribution in [3.05, 3.63) is 11.4 Å². The molecular weight excluding hydrogens is 282 g/mol. The predicted octanol–water partition coefficient (Wildman–Crippen LogP) is -0.812. The molecule has 2 heterocycles. The number of carboxylic acids is 1. The number of sulfonamides is 1. The molecule has 8 heteroatoms. The zero-order valence-electron chi connectivity index (χ0n) is 11.8. The van der Waals surface area contributed by atoms with Crippen LogP contribution in [0.5, 0.6) is 0 Å². The smallest absolute Gasteiger partial charge is 0.246 e. The highest BCUT2D eigenvalue weighted by Gasteiger charge is 2.33. The molecule has 112 valence electrons. The first-order valence-electron chi connectivity index (χ1n) is 6.46. The number of carboxylic acid groups (broad SMARTS) is 1. The van der Waals surface area contributed by atoms with Crippen molar-refractivity contribution in [3.8, 4) is 0 Å². The number of carbonyl (C=O) groups excluding carboxylic acids is 1. The highest BCUT2D eigenvalue weighted by atomic mass is 32.2. The van der Waals surface area contributed by atoms with Crippen LogP contribution < -0.4 is 5.11 Å². The van der Waals surface area contributed by atoms with Gasteiger partial charge in [0.15, 0.2) is 0 Å². The van der Waals surface area contributed by atoms with Crippen molar-refractivity contribution >= 4 is 16.0 Å². The van der Waals surface area contributed by atoms with Crippen LogP contribution in [0.1, 0.15) is 24.2 Å². The Balaban J connectivity index is 2.26. The van der Waals surface area contributed by atoms with Crippen LogP contribution in [-0.2, 0) is 21.9 Å². The molecule has 1 aromatic heterocycles. The fourth-order valence-electron chi connectivity index (χ4n) is 2.59. The van der Waals surface area contributed by atoms with E-state index in [-0.39, 0.29) is 18.0 Å². The molecule has 0 saturated carbocycles. The summed E-state index contributed by atoms with van der Waals surface area (Å²) in [4.78, 5) is 11.0. The number of carbonyl (C=O) groups is 1. The molecule has 0 unspecified atom stereocenters. The van der Waals surface area contributed by atoms with Crippen LogP contribution >= 0.6 is 0 Å². The van der Waals surface area contributed by atoms with E-state index in [1.165, 1.54) is 8.99 Å². The number of aromatic nitrogens is 2. The van der Waals surface area contributed by atoms with Gasteiger partial charge in [0.1, 0.15) is 4.90 Å². The Morgan fingerprint density at radius 1 is 1.30 bits per heavy atom. The third-order valence-corrected chi connectivity index (χ3v) is 5.98. The van der Waals surface area contributed by atoms with Crippen molar-refractivity contribution in [1.82, 2.24) is 14.1 Å². The van der Waals surface area contributed by atoms with Gasteiger partial charge in [-0.1, -0.05) is 0 Å². The first-order chi connectivity index (χ1) is 9.25. The van der Waals surface area contributed by atoms with Gasteiger partial charge in [-0.2, -0.15) is 9.40 Å². The van der Waals surface area contributed by atoms with Crippen LogP contribution in [0.25, 0.3) is 0 Å². The number of aliphatic carboxylic acids is 1. The lowest BCUT2D eigenvalue weighted by molar-refractivity contribution is -0.312. The summed E-state index contributed by atoms with van der Waals surface area (Å²) in [6, 6.07) is 0. The number of hydrogen-bond donors (Lipinski definition) is 0. The lowest BCUT2D eigenvalue weighted by Crippen LogP contribution is -2.43. The van der Waals surface area contributed by atoms with Crippen molar-refractivity contribution in [2.75, 3.05) is 13.1 Å². The van der Waals surface area contributed by atoms with E-state index in [4.69, 9.17) is 0 Å². The van der Waals surface area contributed by atoms with Gasteiger partial charge in [-0.05, 0) is 26.7 Å². The second-order valence-corrected chi connectivity index (χ2v) is 7.00. The standard InChI is InChI=1S/C12H19N3O4S/c1-8-11(9(2)14(3)13-8)20(18,19)15-6-4-10(5-7-15)12(16)17/h10H,4-7H2,1-3H3,(H,16,17)/p-1. The Bertz CT molecular complexity index is 627. The Labute approximate surface area is 118 Å². The maximum Gasteiger partial charge on any atom is 0.246 e. The summed E-state index contributed by atoms with van der Waals surface area (Å²) in [6.45, 7) is 3.78. The van der Waals surface area contributed by atoms with Gasteiger partial charge in [0, 0.05) is 32.0 Å². The van der Waals surface area contributed by atoms with E-state index in [2.05, 4.69) is 5.10 Å². The maximum atomic E-state index is 12.6.